The SMILES string of the molecule is CCNC(CS(=O)CCOC)c1cc(OC)ccc1OC. The van der Waals surface area contributed by atoms with Crippen molar-refractivity contribution in [3.8, 4) is 11.5 Å². The molecule has 0 aliphatic rings. The fourth-order valence-electron chi connectivity index (χ4n) is 2.06. The molecule has 0 aromatic heterocycles. The Balaban J connectivity index is 2.95. The highest BCUT2D eigenvalue weighted by Crippen LogP contribution is 2.30. The number of nitrogens with one attached hydrogen (secondary N) is 1. The monoisotopic (exact) mass is 315 g/mol. The molecule has 0 fully saturated rings. The van der Waals surface area contributed by atoms with E-state index in [0.717, 1.165) is 23.6 Å². The van der Waals surface area contributed by atoms with Gasteiger partial charge in [-0.05, 0) is 24.7 Å². The summed E-state index contributed by atoms with van der Waals surface area (Å²) >= 11 is 0. The Hall–Kier alpha value is -1.11. The van der Waals surface area contributed by atoms with Crippen molar-refractivity contribution >= 4 is 10.8 Å². The smallest absolute Gasteiger partial charge is 0.123 e. The van der Waals surface area contributed by atoms with Gasteiger partial charge < -0.3 is 19.5 Å². The van der Waals surface area contributed by atoms with Crippen molar-refractivity contribution in [2.45, 2.75) is 13.0 Å². The van der Waals surface area contributed by atoms with Crippen LogP contribution in [0.3, 0.4) is 0 Å². The van der Waals surface area contributed by atoms with E-state index in [-0.39, 0.29) is 6.04 Å². The highest BCUT2D eigenvalue weighted by molar-refractivity contribution is 7.85. The minimum atomic E-state index is -0.955. The van der Waals surface area contributed by atoms with Crippen molar-refractivity contribution in [3.63, 3.8) is 0 Å². The zero-order valence-corrected chi connectivity index (χ0v) is 14.0. The highest BCUT2D eigenvalue weighted by atomic mass is 32.2. The molecule has 0 aliphatic heterocycles. The van der Waals surface area contributed by atoms with Gasteiger partial charge in [-0.3, -0.25) is 4.21 Å². The summed E-state index contributed by atoms with van der Waals surface area (Å²) in [5.74, 6) is 2.58. The Morgan fingerprint density at radius 3 is 2.57 bits per heavy atom. The second-order valence-electron chi connectivity index (χ2n) is 4.52. The van der Waals surface area contributed by atoms with Crippen LogP contribution in [0.5, 0.6) is 11.5 Å². The second kappa shape index (κ2) is 9.76. The Labute approximate surface area is 129 Å². The highest BCUT2D eigenvalue weighted by Gasteiger charge is 2.19. The quantitative estimate of drug-likeness (QED) is 0.713. The van der Waals surface area contributed by atoms with Crippen molar-refractivity contribution in [3.05, 3.63) is 23.8 Å². The van der Waals surface area contributed by atoms with Crippen molar-refractivity contribution in [1.29, 1.82) is 0 Å². The fraction of sp³-hybridized carbons (Fsp3) is 0.600. The lowest BCUT2D eigenvalue weighted by atomic mass is 10.1. The van der Waals surface area contributed by atoms with Crippen LogP contribution in [0.4, 0.5) is 0 Å². The molecule has 1 aromatic carbocycles. The number of rotatable bonds is 10. The summed E-state index contributed by atoms with van der Waals surface area (Å²) in [5.41, 5.74) is 0.962. The Bertz CT molecular complexity index is 453. The van der Waals surface area contributed by atoms with Gasteiger partial charge in [0.05, 0.1) is 20.8 Å². The maximum Gasteiger partial charge on any atom is 0.123 e. The predicted octanol–water partition coefficient (Wildman–Crippen LogP) is 1.75. The molecular weight excluding hydrogens is 290 g/mol. The van der Waals surface area contributed by atoms with Crippen LogP contribution in [0.1, 0.15) is 18.5 Å². The van der Waals surface area contributed by atoms with Crippen molar-refractivity contribution < 1.29 is 18.4 Å². The van der Waals surface area contributed by atoms with Crippen LogP contribution in [0.2, 0.25) is 0 Å². The topological polar surface area (TPSA) is 56.8 Å². The zero-order chi connectivity index (χ0) is 15.7. The molecule has 0 spiro atoms. The van der Waals surface area contributed by atoms with E-state index in [9.17, 15) is 4.21 Å². The summed E-state index contributed by atoms with van der Waals surface area (Å²) in [6.45, 7) is 3.31. The molecule has 2 atom stereocenters. The Morgan fingerprint density at radius 1 is 1.24 bits per heavy atom. The van der Waals surface area contributed by atoms with E-state index in [0.29, 0.717) is 18.1 Å². The lowest BCUT2D eigenvalue weighted by molar-refractivity contribution is 0.218. The van der Waals surface area contributed by atoms with Crippen molar-refractivity contribution in [1.82, 2.24) is 5.32 Å². The van der Waals surface area contributed by atoms with E-state index in [4.69, 9.17) is 14.2 Å². The van der Waals surface area contributed by atoms with Gasteiger partial charge in [0.2, 0.25) is 0 Å². The average molecular weight is 315 g/mol. The van der Waals surface area contributed by atoms with Crippen LogP contribution in [-0.4, -0.2) is 50.2 Å². The zero-order valence-electron chi connectivity index (χ0n) is 13.2. The third-order valence-electron chi connectivity index (χ3n) is 3.13. The summed E-state index contributed by atoms with van der Waals surface area (Å²) in [6, 6.07) is 5.61. The second-order valence-corrected chi connectivity index (χ2v) is 6.14. The Kier molecular flexibility index (Phi) is 8.34. The molecule has 1 rings (SSSR count). The molecule has 21 heavy (non-hydrogen) atoms. The first-order valence-corrected chi connectivity index (χ1v) is 8.44. The molecule has 0 bridgehead atoms. The first-order chi connectivity index (χ1) is 10.2. The number of benzene rings is 1. The molecule has 0 aliphatic carbocycles. The normalized spacial score (nSPS) is 13.7. The van der Waals surface area contributed by atoms with Crippen LogP contribution in [-0.2, 0) is 15.5 Å². The van der Waals surface area contributed by atoms with E-state index in [1.165, 1.54) is 0 Å². The van der Waals surface area contributed by atoms with Gasteiger partial charge in [0, 0.05) is 41.0 Å². The molecule has 2 unspecified atom stereocenters. The van der Waals surface area contributed by atoms with Gasteiger partial charge in [-0.15, -0.1) is 0 Å². The van der Waals surface area contributed by atoms with E-state index < -0.39 is 10.8 Å². The number of hydrogen-bond acceptors (Lipinski definition) is 5. The van der Waals surface area contributed by atoms with Gasteiger partial charge in [0.15, 0.2) is 0 Å². The third-order valence-corrected chi connectivity index (χ3v) is 4.46. The lowest BCUT2D eigenvalue weighted by Crippen LogP contribution is -2.27. The molecule has 5 nitrogen and oxygen atoms in total. The molecule has 0 saturated carbocycles. The lowest BCUT2D eigenvalue weighted by Gasteiger charge is -2.21. The number of hydrogen-bond donors (Lipinski definition) is 1. The molecule has 0 amide bonds. The maximum atomic E-state index is 12.1. The first kappa shape index (κ1) is 17.9. The summed E-state index contributed by atoms with van der Waals surface area (Å²) in [4.78, 5) is 0. The Morgan fingerprint density at radius 2 is 2.00 bits per heavy atom. The predicted molar refractivity (Wildman–Crippen MR) is 85.7 cm³/mol. The first-order valence-electron chi connectivity index (χ1n) is 6.95. The molecular formula is C15H25NO4S. The van der Waals surface area contributed by atoms with Gasteiger partial charge >= 0.3 is 0 Å². The van der Waals surface area contributed by atoms with Crippen LogP contribution < -0.4 is 14.8 Å². The summed E-state index contributed by atoms with van der Waals surface area (Å²) in [5, 5.41) is 3.36. The van der Waals surface area contributed by atoms with E-state index in [2.05, 4.69) is 5.32 Å². The minimum absolute atomic E-state index is 0.0438. The van der Waals surface area contributed by atoms with Gasteiger partial charge in [-0.25, -0.2) is 0 Å². The van der Waals surface area contributed by atoms with E-state index in [1.54, 1.807) is 21.3 Å². The maximum absolute atomic E-state index is 12.1. The van der Waals surface area contributed by atoms with Crippen LogP contribution in [0, 0.1) is 0 Å². The van der Waals surface area contributed by atoms with Crippen LogP contribution in [0.25, 0.3) is 0 Å². The molecule has 6 heteroatoms. The molecule has 120 valence electrons. The minimum Gasteiger partial charge on any atom is -0.497 e. The molecule has 0 heterocycles. The molecule has 1 aromatic rings. The number of ether oxygens (including phenoxy) is 3. The largest absolute Gasteiger partial charge is 0.497 e. The van der Waals surface area contributed by atoms with Crippen LogP contribution >= 0.6 is 0 Å². The number of methoxy groups -OCH3 is 3. The van der Waals surface area contributed by atoms with E-state index in [1.807, 2.05) is 25.1 Å². The van der Waals surface area contributed by atoms with Gasteiger partial charge in [-0.1, -0.05) is 6.92 Å². The van der Waals surface area contributed by atoms with Crippen molar-refractivity contribution in [2.75, 3.05) is 46.0 Å². The van der Waals surface area contributed by atoms with Gasteiger partial charge in [0.25, 0.3) is 0 Å². The summed E-state index contributed by atoms with van der Waals surface area (Å²) in [7, 11) is 3.93. The summed E-state index contributed by atoms with van der Waals surface area (Å²) in [6.07, 6.45) is 0. The van der Waals surface area contributed by atoms with Crippen molar-refractivity contribution in [2.24, 2.45) is 0 Å². The molecule has 0 saturated heterocycles. The molecule has 1 N–H and O–H groups in total. The fourth-order valence-corrected chi connectivity index (χ4v) is 3.25. The van der Waals surface area contributed by atoms with Crippen LogP contribution in [0.15, 0.2) is 18.2 Å². The summed E-state index contributed by atoms with van der Waals surface area (Å²) < 4.78 is 27.8. The standard InChI is InChI=1S/C15H25NO4S/c1-5-16-14(11-21(17)9-8-18-2)13-10-12(19-3)6-7-15(13)20-4/h6-7,10,14,16H,5,8-9,11H2,1-4H3. The van der Waals surface area contributed by atoms with Gasteiger partial charge in [0.1, 0.15) is 11.5 Å². The third kappa shape index (κ3) is 5.65. The molecule has 0 radical (unpaired) electrons. The van der Waals surface area contributed by atoms with E-state index >= 15 is 0 Å². The average Bonchev–Trinajstić information content (AvgIpc) is 2.51. The van der Waals surface area contributed by atoms with Gasteiger partial charge in [-0.2, -0.15) is 0 Å².